The molecule has 0 spiro atoms. The first-order chi connectivity index (χ1) is 22.6. The Morgan fingerprint density at radius 1 is 0.457 bits per heavy atom. The lowest BCUT2D eigenvalue weighted by Crippen LogP contribution is -2.38. The molecule has 244 valence electrons. The van der Waals surface area contributed by atoms with Crippen molar-refractivity contribution in [1.29, 1.82) is 0 Å². The Morgan fingerprint density at radius 3 is 1.28 bits per heavy atom. The third kappa shape index (κ3) is 7.87. The molecule has 4 aromatic carbocycles. The Hall–Kier alpha value is -3.12. The highest BCUT2D eigenvalue weighted by atomic mass is 14.5. The van der Waals surface area contributed by atoms with Gasteiger partial charge in [-0.05, 0) is 88.4 Å². The molecule has 0 N–H and O–H groups in total. The van der Waals surface area contributed by atoms with E-state index in [1.807, 2.05) is 0 Å². The van der Waals surface area contributed by atoms with Gasteiger partial charge in [0.2, 0.25) is 0 Å². The van der Waals surface area contributed by atoms with Crippen LogP contribution in [0.25, 0.3) is 0 Å². The van der Waals surface area contributed by atoms with Gasteiger partial charge in [0.05, 0.1) is 5.41 Å². The van der Waals surface area contributed by atoms with Crippen LogP contribution in [0, 0.1) is 11.8 Å². The molecule has 0 radical (unpaired) electrons. The van der Waals surface area contributed by atoms with Crippen molar-refractivity contribution >= 4 is 0 Å². The normalized spacial score (nSPS) is 14.8. The summed E-state index contributed by atoms with van der Waals surface area (Å²) in [7, 11) is 0. The molecule has 0 fully saturated rings. The number of hydrogen-bond acceptors (Lipinski definition) is 0. The minimum atomic E-state index is -0.326. The van der Waals surface area contributed by atoms with Gasteiger partial charge in [0.1, 0.15) is 0 Å². The quantitative estimate of drug-likeness (QED) is 0.0864. The van der Waals surface area contributed by atoms with Crippen molar-refractivity contribution in [3.05, 3.63) is 142 Å². The maximum atomic E-state index is 2.48. The number of benzene rings is 4. The van der Waals surface area contributed by atoms with Crippen molar-refractivity contribution in [2.24, 2.45) is 11.8 Å². The Labute approximate surface area is 282 Å². The van der Waals surface area contributed by atoms with Crippen molar-refractivity contribution < 1.29 is 0 Å². The van der Waals surface area contributed by atoms with Crippen LogP contribution in [0.15, 0.2) is 97.1 Å². The lowest BCUT2D eigenvalue weighted by Gasteiger charge is -2.44. The molecular weight excluding hydrogens is 553 g/mol. The van der Waals surface area contributed by atoms with Crippen LogP contribution in [0.1, 0.15) is 149 Å². The predicted molar refractivity (Wildman–Crippen MR) is 200 cm³/mol. The Morgan fingerprint density at radius 2 is 0.848 bits per heavy atom. The predicted octanol–water partition coefficient (Wildman–Crippen LogP) is 13.1. The van der Waals surface area contributed by atoms with Gasteiger partial charge in [-0.25, -0.2) is 0 Å². The van der Waals surface area contributed by atoms with E-state index in [0.29, 0.717) is 0 Å². The van der Waals surface area contributed by atoms with E-state index >= 15 is 0 Å². The standard InChI is InChI=1S/C46H60/c1-5-7-9-11-21-36(3)31-33-38-23-13-17-27-42(38)46(44-29-19-15-25-40(44)35-41-26-16-20-30-45(41)46)43-28-18-14-24-39(43)34-32-37(4)22-12-10-8-6-2/h13-20,23-30,36-37H,5-12,21-22,31-35H2,1-4H3. The van der Waals surface area contributed by atoms with E-state index in [2.05, 4.69) is 125 Å². The lowest BCUT2D eigenvalue weighted by molar-refractivity contribution is 0.457. The van der Waals surface area contributed by atoms with E-state index in [4.69, 9.17) is 0 Å². The first-order valence-corrected chi connectivity index (χ1v) is 18.9. The molecule has 1 aliphatic carbocycles. The molecule has 1 aliphatic rings. The zero-order chi connectivity index (χ0) is 32.2. The molecule has 46 heavy (non-hydrogen) atoms. The molecule has 2 atom stereocenters. The molecule has 0 bridgehead atoms. The summed E-state index contributed by atoms with van der Waals surface area (Å²) in [6.45, 7) is 9.58. The minimum absolute atomic E-state index is 0.326. The van der Waals surface area contributed by atoms with Crippen molar-refractivity contribution in [2.45, 2.75) is 129 Å². The molecule has 0 heterocycles. The first kappa shape index (κ1) is 34.2. The maximum absolute atomic E-state index is 2.48. The summed E-state index contributed by atoms with van der Waals surface area (Å²) < 4.78 is 0. The first-order valence-electron chi connectivity index (χ1n) is 18.9. The third-order valence-corrected chi connectivity index (χ3v) is 11.0. The van der Waals surface area contributed by atoms with E-state index in [1.165, 1.54) is 122 Å². The smallest absolute Gasteiger partial charge is 0.0654 e. The van der Waals surface area contributed by atoms with Crippen LogP contribution in [0.3, 0.4) is 0 Å². The van der Waals surface area contributed by atoms with Gasteiger partial charge in [-0.1, -0.05) is 189 Å². The van der Waals surface area contributed by atoms with Gasteiger partial charge in [0, 0.05) is 0 Å². The summed E-state index contributed by atoms with van der Waals surface area (Å²) in [6, 6.07) is 37.8. The maximum Gasteiger partial charge on any atom is 0.0712 e. The molecule has 0 aliphatic heterocycles. The summed E-state index contributed by atoms with van der Waals surface area (Å²) in [5.41, 5.74) is 11.6. The largest absolute Gasteiger partial charge is 0.0712 e. The van der Waals surface area contributed by atoms with Gasteiger partial charge in [-0.2, -0.15) is 0 Å². The van der Waals surface area contributed by atoms with Gasteiger partial charge in [-0.15, -0.1) is 0 Å². The minimum Gasteiger partial charge on any atom is -0.0654 e. The van der Waals surface area contributed by atoms with Crippen LogP contribution >= 0.6 is 0 Å². The van der Waals surface area contributed by atoms with Gasteiger partial charge < -0.3 is 0 Å². The molecule has 0 amide bonds. The van der Waals surface area contributed by atoms with E-state index in [-0.39, 0.29) is 5.41 Å². The molecule has 0 saturated heterocycles. The van der Waals surface area contributed by atoms with Crippen molar-refractivity contribution in [3.63, 3.8) is 0 Å². The van der Waals surface area contributed by atoms with Crippen LogP contribution in [0.5, 0.6) is 0 Å². The zero-order valence-electron chi connectivity index (χ0n) is 29.5. The monoisotopic (exact) mass is 612 g/mol. The Kier molecular flexibility index (Phi) is 12.8. The number of unbranched alkanes of at least 4 members (excludes halogenated alkanes) is 6. The number of rotatable bonds is 18. The van der Waals surface area contributed by atoms with Crippen LogP contribution in [0.2, 0.25) is 0 Å². The van der Waals surface area contributed by atoms with Crippen LogP contribution in [-0.4, -0.2) is 0 Å². The Bertz CT molecular complexity index is 1380. The SMILES string of the molecule is CCCCCCC(C)CCc1ccccc1C1(c2ccccc2CCC(C)CCCCCC)c2ccccc2Cc2ccccc21. The van der Waals surface area contributed by atoms with Crippen molar-refractivity contribution in [2.75, 3.05) is 0 Å². The number of fused-ring (bicyclic) bond motifs is 2. The van der Waals surface area contributed by atoms with Crippen LogP contribution in [-0.2, 0) is 24.7 Å². The van der Waals surface area contributed by atoms with E-state index in [9.17, 15) is 0 Å². The highest BCUT2D eigenvalue weighted by Crippen LogP contribution is 2.53. The van der Waals surface area contributed by atoms with E-state index < -0.39 is 0 Å². The lowest BCUT2D eigenvalue weighted by atomic mass is 9.57. The summed E-state index contributed by atoms with van der Waals surface area (Å²) >= 11 is 0. The van der Waals surface area contributed by atoms with Crippen LogP contribution in [0.4, 0.5) is 0 Å². The molecule has 0 nitrogen and oxygen atoms in total. The summed E-state index contributed by atoms with van der Waals surface area (Å²) in [5.74, 6) is 1.50. The second-order valence-electron chi connectivity index (χ2n) is 14.5. The number of aryl methyl sites for hydroxylation is 2. The molecule has 0 aromatic heterocycles. The topological polar surface area (TPSA) is 0 Å². The summed E-state index contributed by atoms with van der Waals surface area (Å²) in [6.07, 6.45) is 19.3. The fourth-order valence-corrected chi connectivity index (χ4v) is 8.30. The fraction of sp³-hybridized carbons (Fsp3) is 0.478. The highest BCUT2D eigenvalue weighted by Gasteiger charge is 2.45. The molecule has 0 saturated carbocycles. The van der Waals surface area contributed by atoms with E-state index in [1.54, 1.807) is 0 Å². The third-order valence-electron chi connectivity index (χ3n) is 11.0. The van der Waals surface area contributed by atoms with E-state index in [0.717, 1.165) is 31.1 Å². The molecule has 5 rings (SSSR count). The summed E-state index contributed by atoms with van der Waals surface area (Å²) in [4.78, 5) is 0. The zero-order valence-corrected chi connectivity index (χ0v) is 29.5. The number of hydrogen-bond donors (Lipinski definition) is 0. The van der Waals surface area contributed by atoms with Crippen molar-refractivity contribution in [3.8, 4) is 0 Å². The summed E-state index contributed by atoms with van der Waals surface area (Å²) in [5, 5.41) is 0. The molecule has 0 heteroatoms. The van der Waals surface area contributed by atoms with Gasteiger partial charge in [0.15, 0.2) is 0 Å². The van der Waals surface area contributed by atoms with Gasteiger partial charge in [-0.3, -0.25) is 0 Å². The highest BCUT2D eigenvalue weighted by molar-refractivity contribution is 5.69. The van der Waals surface area contributed by atoms with Crippen LogP contribution < -0.4 is 0 Å². The average molecular weight is 613 g/mol. The fourth-order valence-electron chi connectivity index (χ4n) is 8.30. The average Bonchev–Trinajstić information content (AvgIpc) is 3.09. The molecule has 2 unspecified atom stereocenters. The van der Waals surface area contributed by atoms with Gasteiger partial charge in [0.25, 0.3) is 0 Å². The van der Waals surface area contributed by atoms with Crippen molar-refractivity contribution in [1.82, 2.24) is 0 Å². The Balaban J connectivity index is 1.59. The molecular formula is C46H60. The molecule has 4 aromatic rings. The second-order valence-corrected chi connectivity index (χ2v) is 14.5. The van der Waals surface area contributed by atoms with Gasteiger partial charge >= 0.3 is 0 Å². The second kappa shape index (κ2) is 17.2.